The molecule has 0 fully saturated rings. The summed E-state index contributed by atoms with van der Waals surface area (Å²) in [5.41, 5.74) is 0. The molecule has 0 aliphatic carbocycles. The summed E-state index contributed by atoms with van der Waals surface area (Å²) in [4.78, 5) is 12.0. The quantitative estimate of drug-likeness (QED) is 0.806. The minimum Gasteiger partial charge on any atom is -0.481 e. The third kappa shape index (κ3) is 4.78. The van der Waals surface area contributed by atoms with E-state index in [2.05, 4.69) is 12.2 Å². The Morgan fingerprint density at radius 2 is 1.94 bits per heavy atom. The maximum atomic E-state index is 12.0. The van der Waals surface area contributed by atoms with E-state index < -0.39 is 6.10 Å². The molecule has 18 heavy (non-hydrogen) atoms. The number of hydrogen-bond acceptors (Lipinski definition) is 2. The van der Waals surface area contributed by atoms with Crippen molar-refractivity contribution in [3.8, 4) is 5.75 Å². The van der Waals surface area contributed by atoms with Crippen LogP contribution in [0.15, 0.2) is 30.3 Å². The molecule has 3 heteroatoms. The normalized spacial score (nSPS) is 13.7. The summed E-state index contributed by atoms with van der Waals surface area (Å²) in [5.74, 6) is 0.713. The molecule has 0 saturated heterocycles. The topological polar surface area (TPSA) is 38.3 Å². The molecule has 0 aliphatic heterocycles. The molecule has 0 heterocycles. The van der Waals surface area contributed by atoms with Gasteiger partial charge in [0.2, 0.25) is 0 Å². The molecule has 2 unspecified atom stereocenters. The smallest absolute Gasteiger partial charge is 0.261 e. The summed E-state index contributed by atoms with van der Waals surface area (Å²) in [6.45, 7) is 6.09. The molecule has 1 rings (SSSR count). The van der Waals surface area contributed by atoms with Crippen LogP contribution in [0.2, 0.25) is 0 Å². The number of carbonyl (C=O) groups is 1. The molecule has 1 aromatic carbocycles. The van der Waals surface area contributed by atoms with Crippen molar-refractivity contribution in [1.82, 2.24) is 5.32 Å². The van der Waals surface area contributed by atoms with E-state index in [-0.39, 0.29) is 11.9 Å². The lowest BCUT2D eigenvalue weighted by molar-refractivity contribution is -0.128. The van der Waals surface area contributed by atoms with Crippen molar-refractivity contribution in [2.75, 3.05) is 0 Å². The molecule has 1 amide bonds. The first kappa shape index (κ1) is 14.6. The maximum Gasteiger partial charge on any atom is 0.261 e. The van der Waals surface area contributed by atoms with Crippen molar-refractivity contribution in [3.63, 3.8) is 0 Å². The van der Waals surface area contributed by atoms with E-state index in [1.54, 1.807) is 0 Å². The molecule has 1 aromatic rings. The molecule has 100 valence electrons. The molecule has 0 spiro atoms. The van der Waals surface area contributed by atoms with E-state index in [9.17, 15) is 4.79 Å². The molecule has 0 bridgehead atoms. The van der Waals surface area contributed by atoms with Gasteiger partial charge in [-0.15, -0.1) is 0 Å². The summed E-state index contributed by atoms with van der Waals surface area (Å²) >= 11 is 0. The largest absolute Gasteiger partial charge is 0.481 e. The lowest BCUT2D eigenvalue weighted by Gasteiger charge is -2.20. The molecule has 0 radical (unpaired) electrons. The van der Waals surface area contributed by atoms with Gasteiger partial charge in [-0.1, -0.05) is 38.5 Å². The molecular weight excluding hydrogens is 226 g/mol. The standard InChI is InChI=1S/C15H23NO2/c1-4-9-12(3)16-15(17)14(5-2)18-13-10-7-6-8-11-13/h6-8,10-12,14H,4-5,9H2,1-3H3,(H,16,17). The van der Waals surface area contributed by atoms with Crippen molar-refractivity contribution in [3.05, 3.63) is 30.3 Å². The number of rotatable bonds is 7. The van der Waals surface area contributed by atoms with Crippen molar-refractivity contribution >= 4 is 5.91 Å². The van der Waals surface area contributed by atoms with Crippen LogP contribution in [0.5, 0.6) is 5.75 Å². The van der Waals surface area contributed by atoms with Crippen LogP contribution >= 0.6 is 0 Å². The van der Waals surface area contributed by atoms with E-state index in [4.69, 9.17) is 4.74 Å². The number of ether oxygens (including phenoxy) is 1. The molecule has 3 nitrogen and oxygen atoms in total. The lowest BCUT2D eigenvalue weighted by Crippen LogP contribution is -2.42. The van der Waals surface area contributed by atoms with Crippen LogP contribution < -0.4 is 10.1 Å². The fourth-order valence-corrected chi connectivity index (χ4v) is 1.83. The Hall–Kier alpha value is -1.51. The minimum atomic E-state index is -0.410. The Bertz CT molecular complexity index is 351. The van der Waals surface area contributed by atoms with Crippen LogP contribution in [0.3, 0.4) is 0 Å². The van der Waals surface area contributed by atoms with E-state index >= 15 is 0 Å². The zero-order valence-corrected chi connectivity index (χ0v) is 11.5. The third-order valence-corrected chi connectivity index (χ3v) is 2.80. The predicted molar refractivity (Wildman–Crippen MR) is 73.7 cm³/mol. The Kier molecular flexibility index (Phi) is 6.26. The second-order valence-electron chi connectivity index (χ2n) is 4.53. The molecule has 0 aromatic heterocycles. The highest BCUT2D eigenvalue weighted by atomic mass is 16.5. The average Bonchev–Trinajstić information content (AvgIpc) is 2.37. The Morgan fingerprint density at radius 3 is 2.50 bits per heavy atom. The van der Waals surface area contributed by atoms with Crippen LogP contribution in [-0.4, -0.2) is 18.1 Å². The summed E-state index contributed by atoms with van der Waals surface area (Å²) in [6.07, 6.45) is 2.32. The van der Waals surface area contributed by atoms with Gasteiger partial charge in [0.25, 0.3) is 5.91 Å². The Balaban J connectivity index is 2.52. The first-order valence-corrected chi connectivity index (χ1v) is 6.69. The van der Waals surface area contributed by atoms with Gasteiger partial charge in [0, 0.05) is 6.04 Å². The zero-order valence-electron chi connectivity index (χ0n) is 11.5. The Labute approximate surface area is 110 Å². The van der Waals surface area contributed by atoms with Crippen molar-refractivity contribution in [2.24, 2.45) is 0 Å². The van der Waals surface area contributed by atoms with Gasteiger partial charge < -0.3 is 10.1 Å². The lowest BCUT2D eigenvalue weighted by atomic mass is 10.1. The van der Waals surface area contributed by atoms with E-state index in [0.717, 1.165) is 18.6 Å². The van der Waals surface area contributed by atoms with Crippen LogP contribution in [0.25, 0.3) is 0 Å². The van der Waals surface area contributed by atoms with Gasteiger partial charge in [-0.2, -0.15) is 0 Å². The second kappa shape index (κ2) is 7.75. The number of nitrogens with one attached hydrogen (secondary N) is 1. The van der Waals surface area contributed by atoms with Crippen LogP contribution in [0.1, 0.15) is 40.0 Å². The highest BCUT2D eigenvalue weighted by molar-refractivity contribution is 5.81. The fraction of sp³-hybridized carbons (Fsp3) is 0.533. The first-order chi connectivity index (χ1) is 8.67. The fourth-order valence-electron chi connectivity index (χ4n) is 1.83. The predicted octanol–water partition coefficient (Wildman–Crippen LogP) is 3.15. The number of amides is 1. The number of para-hydroxylation sites is 1. The molecular formula is C15H23NO2. The van der Waals surface area contributed by atoms with Gasteiger partial charge in [-0.3, -0.25) is 4.79 Å². The van der Waals surface area contributed by atoms with Crippen molar-refractivity contribution in [1.29, 1.82) is 0 Å². The molecule has 0 saturated carbocycles. The highest BCUT2D eigenvalue weighted by Crippen LogP contribution is 2.12. The maximum absolute atomic E-state index is 12.0. The number of hydrogen-bond donors (Lipinski definition) is 1. The summed E-state index contributed by atoms with van der Waals surface area (Å²) in [5, 5.41) is 2.99. The minimum absolute atomic E-state index is 0.0256. The first-order valence-electron chi connectivity index (χ1n) is 6.69. The molecule has 1 N–H and O–H groups in total. The van der Waals surface area contributed by atoms with Gasteiger partial charge in [-0.05, 0) is 31.9 Å². The van der Waals surface area contributed by atoms with Gasteiger partial charge in [0.1, 0.15) is 5.75 Å². The number of benzene rings is 1. The van der Waals surface area contributed by atoms with E-state index in [0.29, 0.717) is 6.42 Å². The third-order valence-electron chi connectivity index (χ3n) is 2.80. The summed E-state index contributed by atoms with van der Waals surface area (Å²) in [6, 6.07) is 9.67. The van der Waals surface area contributed by atoms with E-state index in [1.165, 1.54) is 0 Å². The average molecular weight is 249 g/mol. The van der Waals surface area contributed by atoms with Gasteiger partial charge >= 0.3 is 0 Å². The number of carbonyl (C=O) groups excluding carboxylic acids is 1. The zero-order chi connectivity index (χ0) is 13.4. The van der Waals surface area contributed by atoms with Crippen molar-refractivity contribution in [2.45, 2.75) is 52.2 Å². The van der Waals surface area contributed by atoms with Gasteiger partial charge in [0.15, 0.2) is 6.10 Å². The van der Waals surface area contributed by atoms with Gasteiger partial charge in [0.05, 0.1) is 0 Å². The van der Waals surface area contributed by atoms with Crippen molar-refractivity contribution < 1.29 is 9.53 Å². The van der Waals surface area contributed by atoms with Crippen LogP contribution in [0, 0.1) is 0 Å². The summed E-state index contributed by atoms with van der Waals surface area (Å²) in [7, 11) is 0. The SMILES string of the molecule is CCCC(C)NC(=O)C(CC)Oc1ccccc1. The van der Waals surface area contributed by atoms with Gasteiger partial charge in [-0.25, -0.2) is 0 Å². The summed E-state index contributed by atoms with van der Waals surface area (Å²) < 4.78 is 5.69. The van der Waals surface area contributed by atoms with E-state index in [1.807, 2.05) is 44.2 Å². The monoisotopic (exact) mass is 249 g/mol. The molecule has 2 atom stereocenters. The molecule has 0 aliphatic rings. The second-order valence-corrected chi connectivity index (χ2v) is 4.53. The Morgan fingerprint density at radius 1 is 1.28 bits per heavy atom. The van der Waals surface area contributed by atoms with Crippen LogP contribution in [-0.2, 0) is 4.79 Å². The van der Waals surface area contributed by atoms with Crippen LogP contribution in [0.4, 0.5) is 0 Å². The highest BCUT2D eigenvalue weighted by Gasteiger charge is 2.19.